The number of hydrogen-bond donors (Lipinski definition) is 0. The largest absolute Gasteiger partial charge is 0.489 e. The van der Waals surface area contributed by atoms with Gasteiger partial charge in [0.1, 0.15) is 18.5 Å². The Morgan fingerprint density at radius 3 is 2.75 bits per heavy atom. The Bertz CT molecular complexity index is 838. The monoisotopic (exact) mass is 394 g/mol. The number of halogens is 3. The summed E-state index contributed by atoms with van der Waals surface area (Å²) >= 11 is 0. The van der Waals surface area contributed by atoms with Gasteiger partial charge in [0.25, 0.3) is 5.91 Å². The van der Waals surface area contributed by atoms with Crippen LogP contribution < -0.4 is 4.74 Å². The molecule has 0 aliphatic carbocycles. The predicted octanol–water partition coefficient (Wildman–Crippen LogP) is 3.64. The molecule has 28 heavy (non-hydrogen) atoms. The molecule has 5 nitrogen and oxygen atoms in total. The highest BCUT2D eigenvalue weighted by Crippen LogP contribution is 2.33. The second kappa shape index (κ2) is 8.18. The van der Waals surface area contributed by atoms with E-state index in [1.807, 2.05) is 13.0 Å². The summed E-state index contributed by atoms with van der Waals surface area (Å²) in [6, 6.07) is 7.28. The maximum absolute atomic E-state index is 13.1. The summed E-state index contributed by atoms with van der Waals surface area (Å²) in [7, 11) is 0. The van der Waals surface area contributed by atoms with E-state index in [0.717, 1.165) is 11.8 Å². The Labute approximate surface area is 161 Å². The smallest absolute Gasteiger partial charge is 0.416 e. The Balaban J connectivity index is 1.67. The van der Waals surface area contributed by atoms with E-state index in [4.69, 9.17) is 9.47 Å². The summed E-state index contributed by atoms with van der Waals surface area (Å²) in [6.45, 7) is 4.26. The minimum Gasteiger partial charge on any atom is -0.489 e. The van der Waals surface area contributed by atoms with E-state index in [1.54, 1.807) is 12.3 Å². The van der Waals surface area contributed by atoms with Crippen LogP contribution in [0, 0.1) is 13.8 Å². The molecule has 2 heterocycles. The van der Waals surface area contributed by atoms with Gasteiger partial charge in [-0.3, -0.25) is 9.78 Å². The molecule has 3 rings (SSSR count). The molecule has 1 atom stereocenters. The van der Waals surface area contributed by atoms with Crippen molar-refractivity contribution in [2.24, 2.45) is 0 Å². The molecule has 1 saturated heterocycles. The maximum Gasteiger partial charge on any atom is 0.416 e. The fourth-order valence-corrected chi connectivity index (χ4v) is 3.08. The van der Waals surface area contributed by atoms with Crippen LogP contribution in [0.25, 0.3) is 0 Å². The SMILES string of the molecule is Cc1ccc(OCC2CN(C(=O)c3cccc(C(F)(F)F)c3C)CCO2)cn1. The van der Waals surface area contributed by atoms with Gasteiger partial charge in [-0.2, -0.15) is 13.2 Å². The molecule has 0 spiro atoms. The van der Waals surface area contributed by atoms with Crippen LogP contribution in [-0.2, 0) is 10.9 Å². The molecule has 0 N–H and O–H groups in total. The normalized spacial score (nSPS) is 17.5. The second-order valence-corrected chi connectivity index (χ2v) is 6.67. The first kappa shape index (κ1) is 20.1. The Morgan fingerprint density at radius 1 is 1.29 bits per heavy atom. The molecule has 0 bridgehead atoms. The van der Waals surface area contributed by atoms with Crippen molar-refractivity contribution in [3.05, 3.63) is 58.9 Å². The molecule has 0 radical (unpaired) electrons. The zero-order valence-electron chi connectivity index (χ0n) is 15.6. The van der Waals surface area contributed by atoms with Crippen LogP contribution in [0.15, 0.2) is 36.5 Å². The number of rotatable bonds is 4. The molecule has 1 fully saturated rings. The summed E-state index contributed by atoms with van der Waals surface area (Å²) in [6.07, 6.45) is -3.26. The van der Waals surface area contributed by atoms with Crippen molar-refractivity contribution in [3.63, 3.8) is 0 Å². The fourth-order valence-electron chi connectivity index (χ4n) is 3.08. The fraction of sp³-hybridized carbons (Fsp3) is 0.400. The van der Waals surface area contributed by atoms with E-state index in [0.29, 0.717) is 18.9 Å². The highest BCUT2D eigenvalue weighted by molar-refractivity contribution is 5.96. The third-order valence-electron chi connectivity index (χ3n) is 4.62. The molecule has 1 aliphatic heterocycles. The molecule has 1 amide bonds. The van der Waals surface area contributed by atoms with Crippen LogP contribution in [0.1, 0.15) is 27.2 Å². The van der Waals surface area contributed by atoms with E-state index in [1.165, 1.54) is 24.0 Å². The summed E-state index contributed by atoms with van der Waals surface area (Å²) in [5.74, 6) is 0.153. The first-order valence-electron chi connectivity index (χ1n) is 8.89. The number of aromatic nitrogens is 1. The van der Waals surface area contributed by atoms with Gasteiger partial charge in [0.05, 0.1) is 24.9 Å². The minimum absolute atomic E-state index is 0.0547. The quantitative estimate of drug-likeness (QED) is 0.795. The van der Waals surface area contributed by atoms with Crippen LogP contribution in [0.5, 0.6) is 5.75 Å². The Kier molecular flexibility index (Phi) is 5.88. The first-order valence-corrected chi connectivity index (χ1v) is 8.89. The van der Waals surface area contributed by atoms with Gasteiger partial charge >= 0.3 is 6.18 Å². The van der Waals surface area contributed by atoms with Gasteiger partial charge in [-0.1, -0.05) is 6.07 Å². The van der Waals surface area contributed by atoms with E-state index >= 15 is 0 Å². The van der Waals surface area contributed by atoms with E-state index in [2.05, 4.69) is 4.98 Å². The van der Waals surface area contributed by atoms with E-state index < -0.39 is 17.6 Å². The van der Waals surface area contributed by atoms with Gasteiger partial charge in [-0.05, 0) is 43.7 Å². The molecular formula is C20H21F3N2O3. The van der Waals surface area contributed by atoms with Crippen molar-refractivity contribution in [1.82, 2.24) is 9.88 Å². The molecule has 1 unspecified atom stereocenters. The molecule has 150 valence electrons. The van der Waals surface area contributed by atoms with E-state index in [-0.39, 0.29) is 30.4 Å². The van der Waals surface area contributed by atoms with Gasteiger partial charge in [-0.25, -0.2) is 0 Å². The van der Waals surface area contributed by atoms with Crippen molar-refractivity contribution < 1.29 is 27.4 Å². The number of alkyl halides is 3. The lowest BCUT2D eigenvalue weighted by molar-refractivity contribution is -0.138. The molecule has 2 aromatic rings. The molecule has 0 saturated carbocycles. The maximum atomic E-state index is 13.1. The number of ether oxygens (including phenoxy) is 2. The summed E-state index contributed by atoms with van der Waals surface area (Å²) in [5.41, 5.74) is 0.0667. The number of morpholine rings is 1. The molecule has 1 aromatic heterocycles. The average molecular weight is 394 g/mol. The molecule has 1 aliphatic rings. The lowest BCUT2D eigenvalue weighted by Gasteiger charge is -2.33. The van der Waals surface area contributed by atoms with E-state index in [9.17, 15) is 18.0 Å². The lowest BCUT2D eigenvalue weighted by Crippen LogP contribution is -2.47. The zero-order chi connectivity index (χ0) is 20.3. The van der Waals surface area contributed by atoms with Gasteiger partial charge in [0.2, 0.25) is 0 Å². The summed E-state index contributed by atoms with van der Waals surface area (Å²) in [4.78, 5) is 18.5. The van der Waals surface area contributed by atoms with Crippen molar-refractivity contribution >= 4 is 5.91 Å². The number of benzene rings is 1. The topological polar surface area (TPSA) is 51.7 Å². The molecule has 1 aromatic carbocycles. The van der Waals surface area contributed by atoms with Crippen LogP contribution in [-0.4, -0.2) is 48.2 Å². The van der Waals surface area contributed by atoms with Gasteiger partial charge in [0.15, 0.2) is 0 Å². The summed E-state index contributed by atoms with van der Waals surface area (Å²) < 4.78 is 50.6. The predicted molar refractivity (Wildman–Crippen MR) is 96.3 cm³/mol. The number of carbonyl (C=O) groups is 1. The van der Waals surface area contributed by atoms with Crippen LogP contribution in [0.3, 0.4) is 0 Å². The van der Waals surface area contributed by atoms with Gasteiger partial charge in [-0.15, -0.1) is 0 Å². The standard InChI is InChI=1S/C20H21F3N2O3/c1-13-6-7-15(10-24-13)28-12-16-11-25(8-9-27-16)19(26)17-4-3-5-18(14(17)2)20(21,22)23/h3-7,10,16H,8-9,11-12H2,1-2H3. The van der Waals surface area contributed by atoms with Crippen LogP contribution in [0.4, 0.5) is 13.2 Å². The lowest BCUT2D eigenvalue weighted by atomic mass is 10.0. The Morgan fingerprint density at radius 2 is 2.07 bits per heavy atom. The number of nitrogens with zero attached hydrogens (tertiary/aromatic N) is 2. The van der Waals surface area contributed by atoms with Gasteiger partial charge in [0, 0.05) is 17.8 Å². The number of pyridine rings is 1. The number of hydrogen-bond acceptors (Lipinski definition) is 4. The highest BCUT2D eigenvalue weighted by atomic mass is 19.4. The van der Waals surface area contributed by atoms with Crippen LogP contribution in [0.2, 0.25) is 0 Å². The van der Waals surface area contributed by atoms with Crippen molar-refractivity contribution in [2.75, 3.05) is 26.3 Å². The minimum atomic E-state index is -4.50. The van der Waals surface area contributed by atoms with Crippen molar-refractivity contribution in [1.29, 1.82) is 0 Å². The third kappa shape index (κ3) is 4.62. The average Bonchev–Trinajstić information content (AvgIpc) is 2.66. The van der Waals surface area contributed by atoms with Crippen molar-refractivity contribution in [3.8, 4) is 5.75 Å². The molecular weight excluding hydrogens is 373 g/mol. The number of carbonyl (C=O) groups excluding carboxylic acids is 1. The first-order chi connectivity index (χ1) is 13.3. The van der Waals surface area contributed by atoms with Gasteiger partial charge < -0.3 is 14.4 Å². The Hall–Kier alpha value is -2.61. The summed E-state index contributed by atoms with van der Waals surface area (Å²) in [5, 5.41) is 0. The second-order valence-electron chi connectivity index (χ2n) is 6.67. The highest BCUT2D eigenvalue weighted by Gasteiger charge is 2.34. The molecule has 8 heteroatoms. The number of aryl methyl sites for hydroxylation is 1. The van der Waals surface area contributed by atoms with Crippen molar-refractivity contribution in [2.45, 2.75) is 26.1 Å². The number of amides is 1. The van der Waals surface area contributed by atoms with Crippen LogP contribution >= 0.6 is 0 Å². The third-order valence-corrected chi connectivity index (χ3v) is 4.62. The zero-order valence-corrected chi connectivity index (χ0v) is 15.6.